The summed E-state index contributed by atoms with van der Waals surface area (Å²) in [6, 6.07) is 5.08. The second kappa shape index (κ2) is 9.99. The van der Waals surface area contributed by atoms with Gasteiger partial charge in [-0.3, -0.25) is 0 Å². The van der Waals surface area contributed by atoms with Crippen LogP contribution in [0.25, 0.3) is 0 Å². The number of thioether (sulfide) groups is 1. The zero-order valence-corrected chi connectivity index (χ0v) is 19.5. The molecule has 0 fully saturated rings. The first-order valence-corrected chi connectivity index (χ1v) is 11.6. The second-order valence-electron chi connectivity index (χ2n) is 7.72. The third-order valence-electron chi connectivity index (χ3n) is 4.56. The average Bonchev–Trinajstić information content (AvgIpc) is 3.19. The molecule has 0 aliphatic heterocycles. The predicted molar refractivity (Wildman–Crippen MR) is 121 cm³/mol. The van der Waals surface area contributed by atoms with Crippen molar-refractivity contribution in [3.05, 3.63) is 64.4 Å². The smallest absolute Gasteiger partial charge is 0.331 e. The summed E-state index contributed by atoms with van der Waals surface area (Å²) in [4.78, 5) is 26.6. The Morgan fingerprint density at radius 3 is 2.28 bits per heavy atom. The molecule has 0 saturated carbocycles. The summed E-state index contributed by atoms with van der Waals surface area (Å²) in [5, 5.41) is 1.91. The summed E-state index contributed by atoms with van der Waals surface area (Å²) in [7, 11) is 0. The van der Waals surface area contributed by atoms with Crippen LogP contribution in [0.1, 0.15) is 43.2 Å². The van der Waals surface area contributed by atoms with Crippen molar-refractivity contribution in [2.24, 2.45) is 0 Å². The lowest BCUT2D eigenvalue weighted by molar-refractivity contribution is -0.137. The Bertz CT molecular complexity index is 1030. The maximum Gasteiger partial charge on any atom is 0.416 e. The van der Waals surface area contributed by atoms with Gasteiger partial charge in [-0.2, -0.15) is 13.2 Å². The first-order valence-electron chi connectivity index (χ1n) is 9.91. The summed E-state index contributed by atoms with van der Waals surface area (Å²) in [6.45, 7) is 6.36. The number of aldehydes is 1. The van der Waals surface area contributed by atoms with E-state index >= 15 is 0 Å². The Morgan fingerprint density at radius 1 is 1.06 bits per heavy atom. The zero-order chi connectivity index (χ0) is 23.4. The zero-order valence-electron chi connectivity index (χ0n) is 17.9. The lowest BCUT2D eigenvalue weighted by Gasteiger charge is -2.22. The van der Waals surface area contributed by atoms with Crippen LogP contribution in [-0.2, 0) is 30.5 Å². The number of carbonyl (C=O) groups excluding carboxylic acids is 1. The van der Waals surface area contributed by atoms with Crippen molar-refractivity contribution in [3.8, 4) is 0 Å². The first kappa shape index (κ1) is 24.2. The van der Waals surface area contributed by atoms with Gasteiger partial charge in [-0.1, -0.05) is 30.8 Å². The second-order valence-corrected chi connectivity index (χ2v) is 10.5. The highest BCUT2D eigenvalue weighted by atomic mass is 32.2. The van der Waals surface area contributed by atoms with E-state index in [0.29, 0.717) is 24.6 Å². The summed E-state index contributed by atoms with van der Waals surface area (Å²) >= 11 is 2.83. The largest absolute Gasteiger partial charge is 0.416 e. The molecule has 2 heterocycles. The van der Waals surface area contributed by atoms with Crippen LogP contribution in [0.3, 0.4) is 0 Å². The number of aryl methyl sites for hydroxylation is 1. The van der Waals surface area contributed by atoms with Gasteiger partial charge >= 0.3 is 6.18 Å². The highest BCUT2D eigenvalue weighted by Gasteiger charge is 2.30. The molecule has 5 nitrogen and oxygen atoms in total. The van der Waals surface area contributed by atoms with E-state index in [1.165, 1.54) is 35.2 Å². The summed E-state index contributed by atoms with van der Waals surface area (Å²) in [5.74, 6) is 0.470. The monoisotopic (exact) mass is 480 g/mol. The minimum Gasteiger partial charge on any atom is -0.331 e. The fraction of sp³-hybridized carbons (Fsp3) is 0.364. The number of nitrogens with zero attached hydrogens (tertiary/aromatic N) is 4. The van der Waals surface area contributed by atoms with Gasteiger partial charge in [0.05, 0.1) is 22.5 Å². The number of hydrogen-bond donors (Lipinski definition) is 0. The van der Waals surface area contributed by atoms with Crippen LogP contribution >= 0.6 is 23.1 Å². The highest BCUT2D eigenvalue weighted by molar-refractivity contribution is 8.02. The molecule has 0 amide bonds. The number of benzene rings is 1. The maximum atomic E-state index is 12.9. The van der Waals surface area contributed by atoms with Gasteiger partial charge in [-0.15, -0.1) is 11.3 Å². The van der Waals surface area contributed by atoms with Crippen LogP contribution in [-0.4, -0.2) is 26.0 Å². The van der Waals surface area contributed by atoms with Gasteiger partial charge < -0.3 is 9.69 Å². The Kier molecular flexibility index (Phi) is 7.55. The van der Waals surface area contributed by atoms with Crippen LogP contribution in [0.5, 0.6) is 0 Å². The van der Waals surface area contributed by atoms with Gasteiger partial charge in [0.25, 0.3) is 0 Å². The van der Waals surface area contributed by atoms with E-state index in [4.69, 9.17) is 0 Å². The topological polar surface area (TPSA) is 59.0 Å². The lowest BCUT2D eigenvalue weighted by atomic mass is 10.1. The van der Waals surface area contributed by atoms with Gasteiger partial charge in [0.1, 0.15) is 6.29 Å². The molecule has 0 atom stereocenters. The van der Waals surface area contributed by atoms with Crippen LogP contribution in [0.15, 0.2) is 46.4 Å². The Hall–Kier alpha value is -2.46. The van der Waals surface area contributed by atoms with E-state index < -0.39 is 16.5 Å². The molecule has 170 valence electrons. The lowest BCUT2D eigenvalue weighted by Crippen LogP contribution is -2.24. The van der Waals surface area contributed by atoms with Crippen molar-refractivity contribution >= 4 is 35.3 Å². The molecular weight excluding hydrogens is 457 g/mol. The molecule has 1 aromatic carbocycles. The number of alkyl halides is 3. The van der Waals surface area contributed by atoms with Crippen molar-refractivity contribution in [3.63, 3.8) is 0 Å². The van der Waals surface area contributed by atoms with Crippen molar-refractivity contribution in [2.45, 2.75) is 55.5 Å². The van der Waals surface area contributed by atoms with E-state index in [1.54, 1.807) is 12.4 Å². The minimum atomic E-state index is -4.37. The molecule has 0 bridgehead atoms. The van der Waals surface area contributed by atoms with E-state index in [2.05, 4.69) is 15.0 Å². The number of halogens is 3. The standard InChI is InChI=1S/C22H23F3N4OS2/c1-4-15-9-26-19(27-10-15)29(11-16-5-7-17(8-6-16)22(23,24)25)12-18-13-31-20(28-18)32-21(2,3)14-30/h5-10,13-14H,4,11-12H2,1-3H3. The molecule has 0 spiro atoms. The molecule has 3 rings (SSSR count). The molecule has 32 heavy (non-hydrogen) atoms. The van der Waals surface area contributed by atoms with Crippen molar-refractivity contribution in [1.29, 1.82) is 0 Å². The van der Waals surface area contributed by atoms with Gasteiger partial charge in [-0.25, -0.2) is 15.0 Å². The van der Waals surface area contributed by atoms with Gasteiger partial charge in [0.2, 0.25) is 5.95 Å². The van der Waals surface area contributed by atoms with Crippen LogP contribution < -0.4 is 4.90 Å². The fourth-order valence-electron chi connectivity index (χ4n) is 2.76. The molecule has 0 saturated heterocycles. The van der Waals surface area contributed by atoms with Gasteiger partial charge in [0, 0.05) is 24.3 Å². The number of anilines is 1. The quantitative estimate of drug-likeness (QED) is 0.285. The van der Waals surface area contributed by atoms with E-state index in [0.717, 1.165) is 40.4 Å². The number of aromatic nitrogens is 3. The molecule has 0 radical (unpaired) electrons. The number of hydrogen-bond acceptors (Lipinski definition) is 7. The Balaban J connectivity index is 1.83. The van der Waals surface area contributed by atoms with Gasteiger partial charge in [-0.05, 0) is 43.5 Å². The Morgan fingerprint density at radius 2 is 1.72 bits per heavy atom. The summed E-state index contributed by atoms with van der Waals surface area (Å²) in [5.41, 5.74) is 1.78. The van der Waals surface area contributed by atoms with Crippen LogP contribution in [0, 0.1) is 0 Å². The van der Waals surface area contributed by atoms with Crippen molar-refractivity contribution < 1.29 is 18.0 Å². The van der Waals surface area contributed by atoms with Crippen LogP contribution in [0.4, 0.5) is 19.1 Å². The first-order chi connectivity index (χ1) is 15.1. The predicted octanol–water partition coefficient (Wildman–Crippen LogP) is 5.79. The normalized spacial score (nSPS) is 12.1. The number of thiazole rings is 1. The fourth-order valence-corrected chi connectivity index (χ4v) is 4.94. The molecule has 10 heteroatoms. The van der Waals surface area contributed by atoms with E-state index in [1.807, 2.05) is 31.1 Å². The third kappa shape index (κ3) is 6.52. The van der Waals surface area contributed by atoms with Crippen LogP contribution in [0.2, 0.25) is 0 Å². The molecule has 3 aromatic rings. The molecule has 0 aliphatic carbocycles. The molecule has 2 aromatic heterocycles. The third-order valence-corrected chi connectivity index (χ3v) is 6.66. The highest BCUT2D eigenvalue weighted by Crippen LogP contribution is 2.33. The molecule has 0 aliphatic rings. The molecular formula is C22H23F3N4OS2. The van der Waals surface area contributed by atoms with Crippen molar-refractivity contribution in [1.82, 2.24) is 15.0 Å². The SMILES string of the molecule is CCc1cnc(N(Cc2ccc(C(F)(F)F)cc2)Cc2csc(SC(C)(C)C=O)n2)nc1. The summed E-state index contributed by atoms with van der Waals surface area (Å²) in [6.07, 6.45) is 0.812. The number of carbonyl (C=O) groups is 1. The van der Waals surface area contributed by atoms with Crippen molar-refractivity contribution in [2.75, 3.05) is 4.90 Å². The minimum absolute atomic E-state index is 0.323. The van der Waals surface area contributed by atoms with E-state index in [-0.39, 0.29) is 0 Å². The summed E-state index contributed by atoms with van der Waals surface area (Å²) < 4.78 is 38.9. The van der Waals surface area contributed by atoms with Gasteiger partial charge in [0.15, 0.2) is 4.34 Å². The molecule has 0 unspecified atom stereocenters. The Labute approximate surface area is 193 Å². The maximum absolute atomic E-state index is 12.9. The van der Waals surface area contributed by atoms with E-state index in [9.17, 15) is 18.0 Å². The molecule has 0 N–H and O–H groups in total. The average molecular weight is 481 g/mol. The number of rotatable bonds is 9.